The Morgan fingerprint density at radius 2 is 2.07 bits per heavy atom. The highest BCUT2D eigenvalue weighted by atomic mass is 35.5. The molecule has 0 aromatic rings. The van der Waals surface area contributed by atoms with E-state index in [1.807, 2.05) is 6.92 Å². The van der Waals surface area contributed by atoms with Gasteiger partial charge in [-0.2, -0.15) is 4.31 Å². The molecule has 0 unspecified atom stereocenters. The van der Waals surface area contributed by atoms with Crippen LogP contribution in [0.3, 0.4) is 0 Å². The highest BCUT2D eigenvalue weighted by Gasteiger charge is 2.35. The van der Waals surface area contributed by atoms with Gasteiger partial charge in [-0.05, 0) is 25.7 Å². The summed E-state index contributed by atoms with van der Waals surface area (Å²) < 4.78 is 25.3. The number of rotatable bonds is 7. The number of alkyl halides is 1. The van der Waals surface area contributed by atoms with Crippen molar-refractivity contribution in [3.63, 3.8) is 0 Å². The second kappa shape index (κ2) is 5.33. The molecule has 0 aliphatic heterocycles. The first-order valence-electron chi connectivity index (χ1n) is 5.17. The van der Waals surface area contributed by atoms with Crippen molar-refractivity contribution in [2.24, 2.45) is 0 Å². The predicted octanol–water partition coefficient (Wildman–Crippen LogP) is 1.82. The van der Waals surface area contributed by atoms with Crippen LogP contribution >= 0.6 is 11.6 Å². The second-order valence-electron chi connectivity index (χ2n) is 3.70. The Hall–Kier alpha value is 0.200. The Kier molecular flexibility index (Phi) is 4.67. The van der Waals surface area contributed by atoms with E-state index in [0.717, 1.165) is 19.3 Å². The van der Waals surface area contributed by atoms with Gasteiger partial charge in [0, 0.05) is 18.5 Å². The Labute approximate surface area is 91.5 Å². The van der Waals surface area contributed by atoms with Crippen molar-refractivity contribution in [3.8, 4) is 0 Å². The molecule has 0 aromatic heterocycles. The fraction of sp³-hybridized carbons (Fsp3) is 1.00. The molecule has 5 heteroatoms. The molecule has 14 heavy (non-hydrogen) atoms. The maximum absolute atomic E-state index is 11.8. The van der Waals surface area contributed by atoms with Crippen molar-refractivity contribution in [2.45, 2.75) is 38.6 Å². The van der Waals surface area contributed by atoms with E-state index < -0.39 is 10.0 Å². The lowest BCUT2D eigenvalue weighted by Crippen LogP contribution is -2.35. The minimum atomic E-state index is -3.03. The maximum atomic E-state index is 11.8. The summed E-state index contributed by atoms with van der Waals surface area (Å²) in [6, 6.07) is 0.287. The van der Waals surface area contributed by atoms with E-state index in [2.05, 4.69) is 0 Å². The molecule has 0 amide bonds. The topological polar surface area (TPSA) is 37.4 Å². The van der Waals surface area contributed by atoms with Gasteiger partial charge in [-0.3, -0.25) is 0 Å². The zero-order valence-corrected chi connectivity index (χ0v) is 10.1. The summed E-state index contributed by atoms with van der Waals surface area (Å²) in [6.45, 7) is 2.67. The van der Waals surface area contributed by atoms with Crippen LogP contribution in [0.2, 0.25) is 0 Å². The van der Waals surface area contributed by atoms with E-state index in [-0.39, 0.29) is 11.8 Å². The van der Waals surface area contributed by atoms with Crippen LogP contribution in [0.1, 0.15) is 32.6 Å². The minimum Gasteiger partial charge on any atom is -0.212 e. The molecule has 3 nitrogen and oxygen atoms in total. The number of hydrogen-bond acceptors (Lipinski definition) is 2. The van der Waals surface area contributed by atoms with Gasteiger partial charge in [0.05, 0.1) is 5.75 Å². The van der Waals surface area contributed by atoms with Crippen LogP contribution in [0.5, 0.6) is 0 Å². The molecular weight excluding hydrogens is 222 g/mol. The van der Waals surface area contributed by atoms with Crippen molar-refractivity contribution in [2.75, 3.05) is 18.2 Å². The van der Waals surface area contributed by atoms with Crippen molar-refractivity contribution < 1.29 is 8.42 Å². The molecule has 0 N–H and O–H groups in total. The zero-order chi connectivity index (χ0) is 10.6. The van der Waals surface area contributed by atoms with Crippen LogP contribution in [-0.2, 0) is 10.0 Å². The fourth-order valence-corrected chi connectivity index (χ4v) is 3.65. The van der Waals surface area contributed by atoms with Crippen LogP contribution in [0.25, 0.3) is 0 Å². The number of halogens is 1. The SMILES string of the molecule is CCCN(C1CC1)S(=O)(=O)CCCCl. The zero-order valence-electron chi connectivity index (χ0n) is 8.58. The molecule has 0 radical (unpaired) electrons. The first kappa shape index (κ1) is 12.3. The summed E-state index contributed by atoms with van der Waals surface area (Å²) in [5.74, 6) is 0.622. The summed E-state index contributed by atoms with van der Waals surface area (Å²) in [7, 11) is -3.03. The second-order valence-corrected chi connectivity index (χ2v) is 6.12. The highest BCUT2D eigenvalue weighted by molar-refractivity contribution is 7.89. The lowest BCUT2D eigenvalue weighted by Gasteiger charge is -2.20. The Morgan fingerprint density at radius 1 is 1.43 bits per heavy atom. The summed E-state index contributed by atoms with van der Waals surface area (Å²) in [4.78, 5) is 0. The largest absolute Gasteiger partial charge is 0.214 e. The quantitative estimate of drug-likeness (QED) is 0.636. The molecule has 0 bridgehead atoms. The Bertz CT molecular complexity index is 262. The van der Waals surface area contributed by atoms with E-state index in [4.69, 9.17) is 11.6 Å². The van der Waals surface area contributed by atoms with Gasteiger partial charge >= 0.3 is 0 Å². The third-order valence-corrected chi connectivity index (χ3v) is 4.56. The van der Waals surface area contributed by atoms with E-state index >= 15 is 0 Å². The van der Waals surface area contributed by atoms with Gasteiger partial charge in [-0.1, -0.05) is 6.92 Å². The van der Waals surface area contributed by atoms with E-state index in [1.165, 1.54) is 0 Å². The van der Waals surface area contributed by atoms with Gasteiger partial charge in [-0.15, -0.1) is 11.6 Å². The van der Waals surface area contributed by atoms with Gasteiger partial charge in [0.25, 0.3) is 0 Å². The van der Waals surface area contributed by atoms with Gasteiger partial charge in [0.1, 0.15) is 0 Å². The average Bonchev–Trinajstić information content (AvgIpc) is 2.94. The molecule has 0 spiro atoms. The molecule has 0 atom stereocenters. The van der Waals surface area contributed by atoms with Gasteiger partial charge in [0.2, 0.25) is 10.0 Å². The van der Waals surface area contributed by atoms with E-state index in [0.29, 0.717) is 18.8 Å². The van der Waals surface area contributed by atoms with Crippen LogP contribution in [0.15, 0.2) is 0 Å². The molecule has 1 aliphatic rings. The number of sulfonamides is 1. The molecule has 1 rings (SSSR count). The third-order valence-electron chi connectivity index (χ3n) is 2.29. The summed E-state index contributed by atoms with van der Waals surface area (Å²) in [6.07, 6.45) is 3.49. The maximum Gasteiger partial charge on any atom is 0.214 e. The van der Waals surface area contributed by atoms with Gasteiger partial charge < -0.3 is 0 Å². The van der Waals surface area contributed by atoms with Crippen LogP contribution in [-0.4, -0.2) is 36.9 Å². The monoisotopic (exact) mass is 239 g/mol. The van der Waals surface area contributed by atoms with Crippen molar-refractivity contribution in [1.82, 2.24) is 4.31 Å². The first-order chi connectivity index (χ1) is 6.61. The minimum absolute atomic E-state index is 0.201. The number of hydrogen-bond donors (Lipinski definition) is 0. The average molecular weight is 240 g/mol. The summed E-state index contributed by atoms with van der Waals surface area (Å²) >= 11 is 5.50. The smallest absolute Gasteiger partial charge is 0.212 e. The molecule has 0 aromatic carbocycles. The first-order valence-corrected chi connectivity index (χ1v) is 7.31. The molecule has 1 saturated carbocycles. The summed E-state index contributed by atoms with van der Waals surface area (Å²) in [5, 5.41) is 0. The van der Waals surface area contributed by atoms with Crippen molar-refractivity contribution >= 4 is 21.6 Å². The highest BCUT2D eigenvalue weighted by Crippen LogP contribution is 2.29. The summed E-state index contributed by atoms with van der Waals surface area (Å²) in [5.41, 5.74) is 0. The molecule has 84 valence electrons. The predicted molar refractivity (Wildman–Crippen MR) is 59.1 cm³/mol. The third kappa shape index (κ3) is 3.41. The Morgan fingerprint density at radius 3 is 2.50 bits per heavy atom. The molecular formula is C9H18ClNO2S. The number of nitrogens with zero attached hydrogens (tertiary/aromatic N) is 1. The van der Waals surface area contributed by atoms with E-state index in [1.54, 1.807) is 4.31 Å². The van der Waals surface area contributed by atoms with Crippen molar-refractivity contribution in [3.05, 3.63) is 0 Å². The standard InChI is InChI=1S/C9H18ClNO2S/c1-2-7-11(9-4-5-9)14(12,13)8-3-6-10/h9H,2-8H2,1H3. The molecule has 0 saturated heterocycles. The fourth-order valence-electron chi connectivity index (χ4n) is 1.49. The van der Waals surface area contributed by atoms with Crippen molar-refractivity contribution in [1.29, 1.82) is 0 Å². The van der Waals surface area contributed by atoms with Crippen LogP contribution in [0.4, 0.5) is 0 Å². The Balaban J connectivity index is 2.55. The molecule has 1 aliphatic carbocycles. The molecule has 1 fully saturated rings. The molecule has 0 heterocycles. The van der Waals surface area contributed by atoms with Gasteiger partial charge in [-0.25, -0.2) is 8.42 Å². The van der Waals surface area contributed by atoms with E-state index in [9.17, 15) is 8.42 Å². The van der Waals surface area contributed by atoms with Gasteiger partial charge in [0.15, 0.2) is 0 Å². The lowest BCUT2D eigenvalue weighted by atomic mass is 10.5. The van der Waals surface area contributed by atoms with Crippen LogP contribution in [0, 0.1) is 0 Å². The van der Waals surface area contributed by atoms with Crippen LogP contribution < -0.4 is 0 Å². The lowest BCUT2D eigenvalue weighted by molar-refractivity contribution is 0.403. The normalized spacial score (nSPS) is 17.6.